The highest BCUT2D eigenvalue weighted by Gasteiger charge is 2.20. The molecule has 1 aliphatic heterocycles. The molecular formula is C17H26N2O3. The summed E-state index contributed by atoms with van der Waals surface area (Å²) >= 11 is 0. The molecule has 1 heterocycles. The molecule has 1 N–H and O–H groups in total. The van der Waals surface area contributed by atoms with Crippen molar-refractivity contribution in [3.8, 4) is 0 Å². The number of benzene rings is 1. The van der Waals surface area contributed by atoms with Crippen molar-refractivity contribution in [1.82, 2.24) is 9.80 Å². The van der Waals surface area contributed by atoms with Crippen LogP contribution in [0.4, 0.5) is 0 Å². The van der Waals surface area contributed by atoms with Gasteiger partial charge in [0.15, 0.2) is 0 Å². The minimum absolute atomic E-state index is 0.0292. The number of hydrogen-bond donors (Lipinski definition) is 1. The van der Waals surface area contributed by atoms with Crippen LogP contribution in [0, 0.1) is 0 Å². The fourth-order valence-electron chi connectivity index (χ4n) is 2.78. The lowest BCUT2D eigenvalue weighted by molar-refractivity contribution is 0.00878. The quantitative estimate of drug-likeness (QED) is 0.852. The fourth-order valence-corrected chi connectivity index (χ4v) is 2.78. The first-order valence-corrected chi connectivity index (χ1v) is 7.93. The van der Waals surface area contributed by atoms with Crippen molar-refractivity contribution in [3.63, 3.8) is 0 Å². The van der Waals surface area contributed by atoms with E-state index in [1.165, 1.54) is 0 Å². The van der Waals surface area contributed by atoms with Crippen LogP contribution >= 0.6 is 0 Å². The number of morpholine rings is 1. The normalized spacial score (nSPS) is 17.2. The first-order chi connectivity index (χ1) is 10.6. The van der Waals surface area contributed by atoms with Crippen molar-refractivity contribution in [2.24, 2.45) is 0 Å². The van der Waals surface area contributed by atoms with E-state index in [-0.39, 0.29) is 5.91 Å². The van der Waals surface area contributed by atoms with Crippen LogP contribution in [0.15, 0.2) is 24.3 Å². The predicted octanol–water partition coefficient (Wildman–Crippen LogP) is 1.01. The number of aliphatic hydroxyl groups excluding tert-OH is 1. The molecule has 5 nitrogen and oxygen atoms in total. The van der Waals surface area contributed by atoms with Crippen LogP contribution in [-0.2, 0) is 11.2 Å². The molecular weight excluding hydrogens is 280 g/mol. The highest BCUT2D eigenvalue weighted by molar-refractivity contribution is 5.95. The third-order valence-electron chi connectivity index (χ3n) is 4.03. The van der Waals surface area contributed by atoms with Gasteiger partial charge in [-0.2, -0.15) is 0 Å². The van der Waals surface area contributed by atoms with Gasteiger partial charge in [-0.1, -0.05) is 25.1 Å². The SMILES string of the molecule is CCc1ccccc1C(=O)N(C)CC(O)CN1CCOCC1. The van der Waals surface area contributed by atoms with Crippen molar-refractivity contribution >= 4 is 5.91 Å². The molecule has 1 unspecified atom stereocenters. The van der Waals surface area contributed by atoms with Crippen LogP contribution in [-0.4, -0.2) is 73.4 Å². The van der Waals surface area contributed by atoms with Gasteiger partial charge in [0.25, 0.3) is 5.91 Å². The smallest absolute Gasteiger partial charge is 0.253 e. The molecule has 5 heteroatoms. The van der Waals surface area contributed by atoms with E-state index >= 15 is 0 Å². The van der Waals surface area contributed by atoms with Crippen molar-refractivity contribution in [2.75, 3.05) is 46.4 Å². The Balaban J connectivity index is 1.90. The summed E-state index contributed by atoms with van der Waals surface area (Å²) in [6, 6.07) is 7.66. The average Bonchev–Trinajstić information content (AvgIpc) is 2.54. The van der Waals surface area contributed by atoms with E-state index in [1.807, 2.05) is 31.2 Å². The average molecular weight is 306 g/mol. The number of ether oxygens (including phenoxy) is 1. The first kappa shape index (κ1) is 16.9. The van der Waals surface area contributed by atoms with E-state index in [9.17, 15) is 9.90 Å². The Kier molecular flexibility index (Phi) is 6.36. The van der Waals surface area contributed by atoms with E-state index in [2.05, 4.69) is 4.90 Å². The highest BCUT2D eigenvalue weighted by Crippen LogP contribution is 2.12. The summed E-state index contributed by atoms with van der Waals surface area (Å²) in [4.78, 5) is 16.3. The maximum atomic E-state index is 12.5. The van der Waals surface area contributed by atoms with Crippen LogP contribution in [0.2, 0.25) is 0 Å². The number of amides is 1. The van der Waals surface area contributed by atoms with Crippen LogP contribution in [0.25, 0.3) is 0 Å². The second-order valence-electron chi connectivity index (χ2n) is 5.76. The summed E-state index contributed by atoms with van der Waals surface area (Å²) in [6.07, 6.45) is 0.285. The Morgan fingerprint density at radius 3 is 2.73 bits per heavy atom. The van der Waals surface area contributed by atoms with E-state index < -0.39 is 6.10 Å². The molecule has 0 saturated carbocycles. The highest BCUT2D eigenvalue weighted by atomic mass is 16.5. The second kappa shape index (κ2) is 8.27. The number of hydrogen-bond acceptors (Lipinski definition) is 4. The second-order valence-corrected chi connectivity index (χ2v) is 5.76. The molecule has 0 aromatic heterocycles. The number of likely N-dealkylation sites (N-methyl/N-ethyl adjacent to an activating group) is 1. The van der Waals surface area contributed by atoms with Gasteiger partial charge in [0, 0.05) is 38.8 Å². The van der Waals surface area contributed by atoms with Gasteiger partial charge in [0.05, 0.1) is 19.3 Å². The minimum atomic E-state index is -0.541. The summed E-state index contributed by atoms with van der Waals surface area (Å²) in [5, 5.41) is 10.2. The van der Waals surface area contributed by atoms with Crippen LogP contribution in [0.5, 0.6) is 0 Å². The van der Waals surface area contributed by atoms with Crippen LogP contribution in [0.3, 0.4) is 0 Å². The molecule has 0 spiro atoms. The third-order valence-corrected chi connectivity index (χ3v) is 4.03. The minimum Gasteiger partial charge on any atom is -0.390 e. The van der Waals surface area contributed by atoms with Crippen LogP contribution in [0.1, 0.15) is 22.8 Å². The molecule has 0 aliphatic carbocycles. The first-order valence-electron chi connectivity index (χ1n) is 7.93. The van der Waals surface area contributed by atoms with Gasteiger partial charge in [0.2, 0.25) is 0 Å². The van der Waals surface area contributed by atoms with E-state index in [0.717, 1.165) is 30.6 Å². The zero-order chi connectivity index (χ0) is 15.9. The van der Waals surface area contributed by atoms with E-state index in [0.29, 0.717) is 26.3 Å². The molecule has 2 rings (SSSR count). The Bertz CT molecular complexity index is 487. The van der Waals surface area contributed by atoms with Crippen molar-refractivity contribution in [3.05, 3.63) is 35.4 Å². The van der Waals surface area contributed by atoms with Crippen molar-refractivity contribution in [1.29, 1.82) is 0 Å². The summed E-state index contributed by atoms with van der Waals surface area (Å²) in [5.74, 6) is -0.0292. The molecule has 0 bridgehead atoms. The summed E-state index contributed by atoms with van der Waals surface area (Å²) in [6.45, 7) is 6.07. The van der Waals surface area contributed by atoms with Gasteiger partial charge in [-0.25, -0.2) is 0 Å². The number of nitrogens with zero attached hydrogens (tertiary/aromatic N) is 2. The number of carbonyl (C=O) groups is 1. The van der Waals surface area contributed by atoms with Gasteiger partial charge in [-0.15, -0.1) is 0 Å². The molecule has 1 amide bonds. The maximum absolute atomic E-state index is 12.5. The zero-order valence-electron chi connectivity index (χ0n) is 13.5. The standard InChI is InChI=1S/C17H26N2O3/c1-3-14-6-4-5-7-16(14)17(21)18(2)12-15(20)13-19-8-10-22-11-9-19/h4-7,15,20H,3,8-13H2,1-2H3. The van der Waals surface area contributed by atoms with E-state index in [4.69, 9.17) is 4.74 Å². The largest absolute Gasteiger partial charge is 0.390 e. The van der Waals surface area contributed by atoms with Gasteiger partial charge >= 0.3 is 0 Å². The van der Waals surface area contributed by atoms with Gasteiger partial charge in [-0.05, 0) is 18.1 Å². The Hall–Kier alpha value is -1.43. The molecule has 22 heavy (non-hydrogen) atoms. The van der Waals surface area contributed by atoms with Crippen LogP contribution < -0.4 is 0 Å². The Morgan fingerprint density at radius 2 is 2.05 bits per heavy atom. The van der Waals surface area contributed by atoms with Gasteiger partial charge < -0.3 is 14.7 Å². The maximum Gasteiger partial charge on any atom is 0.253 e. The third kappa shape index (κ3) is 4.53. The van der Waals surface area contributed by atoms with Crippen molar-refractivity contribution < 1.29 is 14.6 Å². The molecule has 1 aromatic rings. The molecule has 1 fully saturated rings. The van der Waals surface area contributed by atoms with E-state index in [1.54, 1.807) is 11.9 Å². The lowest BCUT2D eigenvalue weighted by Gasteiger charge is -2.30. The number of aliphatic hydroxyl groups is 1. The monoisotopic (exact) mass is 306 g/mol. The molecule has 1 saturated heterocycles. The predicted molar refractivity (Wildman–Crippen MR) is 86.0 cm³/mol. The van der Waals surface area contributed by atoms with Gasteiger partial charge in [-0.3, -0.25) is 9.69 Å². The molecule has 122 valence electrons. The Morgan fingerprint density at radius 1 is 1.36 bits per heavy atom. The summed E-state index contributed by atoms with van der Waals surface area (Å²) < 4.78 is 5.30. The topological polar surface area (TPSA) is 53.0 Å². The molecule has 1 atom stereocenters. The lowest BCUT2D eigenvalue weighted by atomic mass is 10.0. The number of carbonyl (C=O) groups excluding carboxylic acids is 1. The van der Waals surface area contributed by atoms with Gasteiger partial charge in [0.1, 0.15) is 0 Å². The Labute approximate surface area is 132 Å². The summed E-state index contributed by atoms with van der Waals surface area (Å²) in [7, 11) is 1.75. The number of β-amino-alcohol motifs (C(OH)–C–C–N with tert-alkyl or cyclic N) is 1. The zero-order valence-corrected chi connectivity index (χ0v) is 13.5. The fraction of sp³-hybridized carbons (Fsp3) is 0.588. The number of rotatable bonds is 6. The lowest BCUT2D eigenvalue weighted by Crippen LogP contribution is -2.45. The number of aryl methyl sites for hydroxylation is 1. The van der Waals surface area contributed by atoms with Crippen molar-refractivity contribution in [2.45, 2.75) is 19.4 Å². The molecule has 1 aromatic carbocycles. The molecule has 0 radical (unpaired) electrons. The molecule has 1 aliphatic rings. The summed E-state index contributed by atoms with van der Waals surface area (Å²) in [5.41, 5.74) is 1.77.